The molecule has 4 heteroatoms. The Balaban J connectivity index is 2.16. The van der Waals surface area contributed by atoms with Crippen molar-refractivity contribution in [3.8, 4) is 11.8 Å². The van der Waals surface area contributed by atoms with Gasteiger partial charge in [0.15, 0.2) is 0 Å². The summed E-state index contributed by atoms with van der Waals surface area (Å²) in [7, 11) is 0. The zero-order valence-corrected chi connectivity index (χ0v) is 14.0. The first-order valence-corrected chi connectivity index (χ1v) is 8.01. The summed E-state index contributed by atoms with van der Waals surface area (Å²) in [4.78, 5) is 0. The van der Waals surface area contributed by atoms with E-state index in [4.69, 9.17) is 10.00 Å². The van der Waals surface area contributed by atoms with E-state index in [1.54, 1.807) is 6.07 Å². The molecule has 1 unspecified atom stereocenters. The number of hydrogen-bond donors (Lipinski definition) is 1. The molecule has 0 radical (unpaired) electrons. The number of benzene rings is 1. The third-order valence-electron chi connectivity index (χ3n) is 4.63. The van der Waals surface area contributed by atoms with Crippen LogP contribution in [0.25, 0.3) is 0 Å². The highest BCUT2D eigenvalue weighted by molar-refractivity contribution is 5.32. The smallest absolute Gasteiger partial charge is 0.127 e. The SMILES string of the molecule is CC1=C(COc2cc(F)cc(C(O)CC#N)c2)C(C)(C)CCC1. The summed E-state index contributed by atoms with van der Waals surface area (Å²) >= 11 is 0. The third-order valence-corrected chi connectivity index (χ3v) is 4.63. The van der Waals surface area contributed by atoms with Crippen molar-refractivity contribution in [3.63, 3.8) is 0 Å². The number of aliphatic hydroxyl groups is 1. The van der Waals surface area contributed by atoms with Crippen molar-refractivity contribution in [1.29, 1.82) is 5.26 Å². The Morgan fingerprint density at radius 2 is 2.13 bits per heavy atom. The summed E-state index contributed by atoms with van der Waals surface area (Å²) in [6.45, 7) is 6.98. The van der Waals surface area contributed by atoms with Gasteiger partial charge in [-0.15, -0.1) is 0 Å². The molecule has 1 N–H and O–H groups in total. The van der Waals surface area contributed by atoms with Gasteiger partial charge < -0.3 is 9.84 Å². The van der Waals surface area contributed by atoms with Gasteiger partial charge in [0.25, 0.3) is 0 Å². The standard InChI is InChI=1S/C19H24FNO2/c1-13-5-4-7-19(2,3)17(13)12-23-16-10-14(9-15(20)11-16)18(22)6-8-21/h9-11,18,22H,4-7,12H2,1-3H3. The van der Waals surface area contributed by atoms with Crippen LogP contribution in [0.15, 0.2) is 29.3 Å². The summed E-state index contributed by atoms with van der Waals surface area (Å²) in [6.07, 6.45) is 2.33. The largest absolute Gasteiger partial charge is 0.489 e. The van der Waals surface area contributed by atoms with Crippen molar-refractivity contribution >= 4 is 0 Å². The lowest BCUT2D eigenvalue weighted by Crippen LogP contribution is -2.24. The Hall–Kier alpha value is -1.86. The van der Waals surface area contributed by atoms with Crippen LogP contribution >= 0.6 is 0 Å². The number of hydrogen-bond acceptors (Lipinski definition) is 3. The second-order valence-corrected chi connectivity index (χ2v) is 6.88. The van der Waals surface area contributed by atoms with Crippen LogP contribution < -0.4 is 4.74 Å². The van der Waals surface area contributed by atoms with Crippen molar-refractivity contribution in [2.45, 2.75) is 52.6 Å². The van der Waals surface area contributed by atoms with Crippen LogP contribution in [0.2, 0.25) is 0 Å². The maximum absolute atomic E-state index is 13.7. The Morgan fingerprint density at radius 3 is 2.78 bits per heavy atom. The average Bonchev–Trinajstić information content (AvgIpc) is 2.45. The van der Waals surface area contributed by atoms with E-state index in [2.05, 4.69) is 20.8 Å². The lowest BCUT2D eigenvalue weighted by molar-refractivity contribution is 0.182. The van der Waals surface area contributed by atoms with Crippen molar-refractivity contribution in [2.24, 2.45) is 5.41 Å². The molecule has 124 valence electrons. The van der Waals surface area contributed by atoms with E-state index < -0.39 is 11.9 Å². The van der Waals surface area contributed by atoms with E-state index in [1.807, 2.05) is 6.07 Å². The van der Waals surface area contributed by atoms with E-state index >= 15 is 0 Å². The fourth-order valence-corrected chi connectivity index (χ4v) is 3.21. The van der Waals surface area contributed by atoms with E-state index in [9.17, 15) is 9.50 Å². The highest BCUT2D eigenvalue weighted by Crippen LogP contribution is 2.40. The summed E-state index contributed by atoms with van der Waals surface area (Å²) in [6, 6.07) is 6.05. The number of aliphatic hydroxyl groups excluding tert-OH is 1. The second kappa shape index (κ2) is 7.14. The minimum absolute atomic E-state index is 0.0693. The van der Waals surface area contributed by atoms with Crippen LogP contribution in [0.5, 0.6) is 5.75 Å². The molecule has 0 spiro atoms. The second-order valence-electron chi connectivity index (χ2n) is 6.88. The molecule has 3 nitrogen and oxygen atoms in total. The lowest BCUT2D eigenvalue weighted by atomic mass is 9.73. The molecule has 0 aliphatic heterocycles. The predicted octanol–water partition coefficient (Wildman–Crippen LogP) is 4.68. The number of halogens is 1. The monoisotopic (exact) mass is 317 g/mol. The van der Waals surface area contributed by atoms with Crippen molar-refractivity contribution in [1.82, 2.24) is 0 Å². The summed E-state index contributed by atoms with van der Waals surface area (Å²) in [5.41, 5.74) is 3.09. The summed E-state index contributed by atoms with van der Waals surface area (Å²) < 4.78 is 19.5. The average molecular weight is 317 g/mol. The zero-order valence-electron chi connectivity index (χ0n) is 14.0. The lowest BCUT2D eigenvalue weighted by Gasteiger charge is -2.34. The topological polar surface area (TPSA) is 53.2 Å². The van der Waals surface area contributed by atoms with Gasteiger partial charge in [-0.05, 0) is 54.9 Å². The molecule has 1 aliphatic carbocycles. The van der Waals surface area contributed by atoms with Gasteiger partial charge in [-0.2, -0.15) is 5.26 Å². The van der Waals surface area contributed by atoms with Gasteiger partial charge in [0, 0.05) is 6.07 Å². The molecule has 2 rings (SSSR count). The Labute approximate surface area is 137 Å². The molecule has 0 amide bonds. The molecule has 1 aromatic rings. The molecule has 23 heavy (non-hydrogen) atoms. The highest BCUT2D eigenvalue weighted by Gasteiger charge is 2.28. The first-order chi connectivity index (χ1) is 10.8. The van der Waals surface area contributed by atoms with E-state index in [1.165, 1.54) is 29.7 Å². The van der Waals surface area contributed by atoms with E-state index in [0.717, 1.165) is 12.8 Å². The minimum Gasteiger partial charge on any atom is -0.489 e. The Morgan fingerprint density at radius 1 is 1.39 bits per heavy atom. The van der Waals surface area contributed by atoms with Crippen LogP contribution in [0.1, 0.15) is 58.1 Å². The van der Waals surface area contributed by atoms with Gasteiger partial charge in [-0.1, -0.05) is 19.4 Å². The molecule has 0 saturated carbocycles. The molecular formula is C19H24FNO2. The minimum atomic E-state index is -0.995. The van der Waals surface area contributed by atoms with Crippen LogP contribution in [0.4, 0.5) is 4.39 Å². The van der Waals surface area contributed by atoms with E-state index in [-0.39, 0.29) is 11.8 Å². The zero-order chi connectivity index (χ0) is 17.0. The van der Waals surface area contributed by atoms with E-state index in [0.29, 0.717) is 17.9 Å². The number of ether oxygens (including phenoxy) is 1. The Kier molecular flexibility index (Phi) is 5.43. The number of allylic oxidation sites excluding steroid dienone is 1. The maximum atomic E-state index is 13.7. The molecule has 0 heterocycles. The van der Waals surface area contributed by atoms with Crippen LogP contribution in [0.3, 0.4) is 0 Å². The van der Waals surface area contributed by atoms with Crippen LogP contribution in [0, 0.1) is 22.6 Å². The van der Waals surface area contributed by atoms with Crippen molar-refractivity contribution in [2.75, 3.05) is 6.61 Å². The molecule has 1 atom stereocenters. The van der Waals surface area contributed by atoms with Gasteiger partial charge >= 0.3 is 0 Å². The fraction of sp³-hybridized carbons (Fsp3) is 0.526. The molecular weight excluding hydrogens is 293 g/mol. The Bertz CT molecular complexity index is 643. The molecule has 0 saturated heterocycles. The molecule has 1 aromatic carbocycles. The number of nitriles is 1. The van der Waals surface area contributed by atoms with Gasteiger partial charge in [0.2, 0.25) is 0 Å². The van der Waals surface area contributed by atoms with Crippen molar-refractivity contribution < 1.29 is 14.2 Å². The molecule has 0 bridgehead atoms. The van der Waals surface area contributed by atoms with Crippen molar-refractivity contribution in [3.05, 3.63) is 40.7 Å². The molecule has 0 fully saturated rings. The summed E-state index contributed by atoms with van der Waals surface area (Å²) in [5.74, 6) is -0.0817. The maximum Gasteiger partial charge on any atom is 0.127 e. The van der Waals surface area contributed by atoms with Gasteiger partial charge in [0.05, 0.1) is 18.6 Å². The predicted molar refractivity (Wildman–Crippen MR) is 87.4 cm³/mol. The quantitative estimate of drug-likeness (QED) is 0.802. The van der Waals surface area contributed by atoms with Gasteiger partial charge in [-0.25, -0.2) is 4.39 Å². The number of nitrogens with zero attached hydrogens (tertiary/aromatic N) is 1. The normalized spacial score (nSPS) is 18.4. The summed E-state index contributed by atoms with van der Waals surface area (Å²) in [5, 5.41) is 18.5. The van der Waals surface area contributed by atoms with Gasteiger partial charge in [-0.3, -0.25) is 0 Å². The third kappa shape index (κ3) is 4.33. The van der Waals surface area contributed by atoms with Crippen LogP contribution in [-0.4, -0.2) is 11.7 Å². The first-order valence-electron chi connectivity index (χ1n) is 8.01. The van der Waals surface area contributed by atoms with Crippen LogP contribution in [-0.2, 0) is 0 Å². The number of rotatable bonds is 5. The molecule has 1 aliphatic rings. The van der Waals surface area contributed by atoms with Gasteiger partial charge in [0.1, 0.15) is 18.2 Å². The highest BCUT2D eigenvalue weighted by atomic mass is 19.1. The molecule has 0 aromatic heterocycles. The fourth-order valence-electron chi connectivity index (χ4n) is 3.21. The first kappa shape index (κ1) is 17.5.